The fourth-order valence-corrected chi connectivity index (χ4v) is 18.7. The number of ether oxygens (including phenoxy) is 2. The number of imide groups is 3. The van der Waals surface area contributed by atoms with E-state index in [9.17, 15) is 83.9 Å². The third-order valence-electron chi connectivity index (χ3n) is 23.4. The zero-order valence-corrected chi connectivity index (χ0v) is 59.5. The Balaban J connectivity index is 0.000000125. The van der Waals surface area contributed by atoms with Gasteiger partial charge in [0.05, 0.1) is 58.5 Å². The lowest BCUT2D eigenvalue weighted by molar-refractivity contribution is -0.155. The van der Waals surface area contributed by atoms with Gasteiger partial charge in [0.1, 0.15) is 0 Å². The molecule has 0 aromatic heterocycles. The van der Waals surface area contributed by atoms with Gasteiger partial charge in [0.15, 0.2) is 5.78 Å². The molecule has 7 N–H and O–H groups in total. The average molecular weight is 1480 g/mol. The van der Waals surface area contributed by atoms with Crippen molar-refractivity contribution in [3.63, 3.8) is 0 Å². The van der Waals surface area contributed by atoms with Crippen molar-refractivity contribution in [3.8, 4) is 0 Å². The smallest absolute Gasteiger partial charge is 0.393 e. The van der Waals surface area contributed by atoms with Gasteiger partial charge in [-0.3, -0.25) is 64.6 Å². The van der Waals surface area contributed by atoms with Gasteiger partial charge >= 0.3 is 36.2 Å². The molecular formula is C74H80F6N8O14P2. The number of benzene rings is 2. The van der Waals surface area contributed by atoms with Crippen LogP contribution < -0.4 is 28.0 Å². The highest BCUT2D eigenvalue weighted by molar-refractivity contribution is 6.92. The van der Waals surface area contributed by atoms with Gasteiger partial charge in [0.2, 0.25) is 23.6 Å². The van der Waals surface area contributed by atoms with E-state index in [1.54, 1.807) is 14.1 Å². The summed E-state index contributed by atoms with van der Waals surface area (Å²) in [6.07, 6.45) is 28.5. The highest BCUT2D eigenvalue weighted by Gasteiger charge is 2.71. The Kier molecular flexibility index (Phi) is 21.9. The largest absolute Gasteiger partial charge is 0.416 e. The van der Waals surface area contributed by atoms with E-state index in [1.807, 2.05) is 24.3 Å². The molecule has 8 saturated carbocycles. The molecule has 10 unspecified atom stereocenters. The van der Waals surface area contributed by atoms with Crippen molar-refractivity contribution in [3.05, 3.63) is 168 Å². The number of carbonyl (C=O) groups excluding carboxylic acids is 12. The maximum atomic E-state index is 12.8. The molecule has 26 atom stereocenters. The number of amides is 7. The molecular weight excluding hydrogens is 1400 g/mol. The minimum atomic E-state index is -4.50. The maximum absolute atomic E-state index is 12.8. The normalized spacial score (nSPS) is 36.8. The Bertz CT molecular complexity index is 3950. The summed E-state index contributed by atoms with van der Waals surface area (Å²) in [5.41, 5.74) is 5.89. The highest BCUT2D eigenvalue weighted by atomic mass is 31.0. The van der Waals surface area contributed by atoms with E-state index in [-0.39, 0.29) is 131 Å². The van der Waals surface area contributed by atoms with E-state index < -0.39 is 65.0 Å². The van der Waals surface area contributed by atoms with E-state index in [0.29, 0.717) is 71.0 Å². The van der Waals surface area contributed by atoms with Crippen molar-refractivity contribution >= 4 is 90.8 Å². The monoisotopic (exact) mass is 1480 g/mol. The third kappa shape index (κ3) is 14.2. The van der Waals surface area contributed by atoms with Crippen LogP contribution in [-0.4, -0.2) is 100 Å². The minimum Gasteiger partial charge on any atom is -0.393 e. The second-order valence-corrected chi connectivity index (χ2v) is 28.6. The Morgan fingerprint density at radius 2 is 0.721 bits per heavy atom. The van der Waals surface area contributed by atoms with E-state index in [1.165, 1.54) is 43.3 Å². The maximum Gasteiger partial charge on any atom is 0.416 e. The number of ketones is 1. The second kappa shape index (κ2) is 29.8. The van der Waals surface area contributed by atoms with Crippen LogP contribution in [0.5, 0.6) is 0 Å². The van der Waals surface area contributed by atoms with E-state index in [2.05, 4.69) is 87.6 Å². The summed E-state index contributed by atoms with van der Waals surface area (Å²) in [5, 5.41) is 2.85. The summed E-state index contributed by atoms with van der Waals surface area (Å²) < 4.78 is 82.7. The van der Waals surface area contributed by atoms with Gasteiger partial charge in [0.25, 0.3) is 17.7 Å². The van der Waals surface area contributed by atoms with Gasteiger partial charge in [0, 0.05) is 30.3 Å². The molecule has 2 aromatic carbocycles. The number of hydrogen-bond donors (Lipinski definition) is 5. The third-order valence-corrected chi connectivity index (χ3v) is 23.4. The Morgan fingerprint density at radius 3 is 1.00 bits per heavy atom. The van der Waals surface area contributed by atoms with E-state index in [4.69, 9.17) is 10.6 Å². The molecule has 24 rings (SSSR count). The van der Waals surface area contributed by atoms with Crippen LogP contribution in [0.3, 0.4) is 0 Å². The van der Waals surface area contributed by atoms with Crippen molar-refractivity contribution < 1.29 is 93.4 Å². The minimum absolute atomic E-state index is 0. The molecule has 552 valence electrons. The van der Waals surface area contributed by atoms with Gasteiger partial charge in [-0.2, -0.15) is 51.1 Å². The molecule has 0 radical (unpaired) electrons. The first kappa shape index (κ1) is 76.6. The quantitative estimate of drug-likeness (QED) is 0.0196. The summed E-state index contributed by atoms with van der Waals surface area (Å²) in [6, 6.07) is 7.77. The number of esters is 4. The van der Waals surface area contributed by atoms with Crippen LogP contribution in [-0.2, 0) is 69.8 Å². The molecule has 22 nitrogen and oxygen atoms in total. The highest BCUT2D eigenvalue weighted by Crippen LogP contribution is 2.68. The molecule has 7 amide bonds. The Hall–Kier alpha value is -8.52. The topological polar surface area (TPSA) is 321 Å². The van der Waals surface area contributed by atoms with Crippen LogP contribution in [0.2, 0.25) is 0 Å². The molecule has 30 heteroatoms. The molecule has 2 aromatic rings. The number of nitrogens with zero attached hydrogens (tertiary/aromatic N) is 3. The van der Waals surface area contributed by atoms with E-state index in [0.717, 1.165) is 71.4 Å². The predicted molar refractivity (Wildman–Crippen MR) is 367 cm³/mol. The number of rotatable bonds is 4. The lowest BCUT2D eigenvalue weighted by Gasteiger charge is -2.37. The van der Waals surface area contributed by atoms with Gasteiger partial charge in [-0.1, -0.05) is 97.2 Å². The molecule has 12 fully saturated rings. The van der Waals surface area contributed by atoms with Crippen molar-refractivity contribution in [2.75, 3.05) is 14.1 Å². The number of halogens is 6. The molecule has 17 aliphatic carbocycles. The number of alkyl halides is 6. The fraction of sp³-hybridized carbons (Fsp3) is 0.459. The SMILES string of the molecule is C1=CC=CCC=C1.CC(=O)c1ccc(C(F)(F)F)cc1.CNN.CNN1C(=O)[C@@H]2C3C=CC([C@H]4C[C@@H]34)[C@@H]2C1=O.NN1C(=O)[C@@H]2C3C=CC([C@H]4C[C@@H]34)[C@@H]2C1=O.O=C(NN1C(=O)[C@@H]2C3C=CC([C@H]4C[C@@H]34)[C@@H]2C1=O)c1ccc(C(F)(F)F)cc1.O=C1C=CC(=O)O1.O=C1OC(=O)[C@H]2C3C=CC([C@@H]12)[C@@H]1C[C@H]31.P.P. The zero-order chi connectivity index (χ0) is 72.9. The molecule has 5 heterocycles. The molecule has 22 aliphatic rings. The first-order chi connectivity index (χ1) is 48.6. The number of hydrazine groups is 4. The van der Waals surface area contributed by atoms with Gasteiger partial charge < -0.3 is 9.47 Å². The number of Topliss-reactive ketones (excluding diaryl/α,β-unsaturated/α-hetero) is 1. The number of cyclic esters (lactones) is 4. The van der Waals surface area contributed by atoms with Gasteiger partial charge in [-0.05, 0) is 177 Å². The van der Waals surface area contributed by atoms with Crippen LogP contribution >= 0.6 is 19.8 Å². The number of carbonyl (C=O) groups is 12. The van der Waals surface area contributed by atoms with Crippen molar-refractivity contribution in [2.24, 2.45) is 154 Å². The molecule has 8 bridgehead atoms. The van der Waals surface area contributed by atoms with Gasteiger partial charge in [-0.15, -0.1) is 0 Å². The van der Waals surface area contributed by atoms with E-state index >= 15 is 0 Å². The van der Waals surface area contributed by atoms with Crippen LogP contribution in [0.1, 0.15) is 70.9 Å². The lowest BCUT2D eigenvalue weighted by Crippen LogP contribution is -2.46. The lowest BCUT2D eigenvalue weighted by atomic mass is 9.63. The summed E-state index contributed by atoms with van der Waals surface area (Å²) in [7, 11) is 3.29. The second-order valence-electron chi connectivity index (χ2n) is 28.6. The number of nitrogens with two attached hydrogens (primary N) is 2. The number of hydrogen-bond acceptors (Lipinski definition) is 18. The van der Waals surface area contributed by atoms with Crippen molar-refractivity contribution in [1.82, 2.24) is 31.3 Å². The Morgan fingerprint density at radius 1 is 0.433 bits per heavy atom. The average Bonchev–Trinajstić information content (AvgIpc) is 1.56. The molecule has 5 aliphatic heterocycles. The van der Waals surface area contributed by atoms with Crippen molar-refractivity contribution in [2.45, 2.75) is 51.4 Å². The summed E-state index contributed by atoms with van der Waals surface area (Å²) >= 11 is 0. The molecule has 4 saturated heterocycles. The fourth-order valence-electron chi connectivity index (χ4n) is 18.7. The van der Waals surface area contributed by atoms with Crippen LogP contribution in [0.4, 0.5) is 26.3 Å². The first-order valence-corrected chi connectivity index (χ1v) is 34.1. The summed E-state index contributed by atoms with van der Waals surface area (Å²) in [5.74, 6) is 11.4. The van der Waals surface area contributed by atoms with Crippen LogP contribution in [0, 0.1) is 142 Å². The van der Waals surface area contributed by atoms with Crippen LogP contribution in [0.15, 0.2) is 146 Å². The first-order valence-electron chi connectivity index (χ1n) is 34.1. The van der Waals surface area contributed by atoms with Crippen LogP contribution in [0.25, 0.3) is 0 Å². The number of allylic oxidation sites excluding steroid dienone is 14. The Labute approximate surface area is 600 Å². The van der Waals surface area contributed by atoms with Gasteiger partial charge in [-0.25, -0.2) is 30.9 Å². The zero-order valence-electron chi connectivity index (χ0n) is 56.6. The predicted octanol–water partition coefficient (Wildman–Crippen LogP) is 7.03. The summed E-state index contributed by atoms with van der Waals surface area (Å²) in [6.45, 7) is 1.31. The van der Waals surface area contributed by atoms with Crippen molar-refractivity contribution in [1.29, 1.82) is 0 Å². The standard InChI is InChI=1S/C19H15F3N2O3.C12H14N2O2.C11H12N2O2.C11H10O3.C9H7F3O.C7H8.C4H2O3.CH6N2.2H3P/c20-19(21,22)9-3-1-8(2-4-9)16(25)23-24-17(26)14-10-5-6-11(13-7-12(10)13)15(14)18(24)27;1-13-14-11(15)9-5-2-3-6(8-4-7(5)8)10(9)12(14)16;12-13-10(14)8-4-1-2-5(7-3-6(4)7)9(8)11(13)15;12-10-8-4-1-2-5(7-3-6(4)7)9(8)11(13)14-10;1-6(13)7-2-4-8(5-3-7)9(10,11)12;1-2-4-6-7-5-3-1;5-3-1-2-4(6)7-3;1-3-2;;/h1-6,10-15H,7H2,(H,23,25);2-3,5-10,13H,4H2,1H3;1-2,4-9H,3,12H2;1-2,4-9H,3H2;2-5H,1H3;1-6H,7H2;1-2H;3H,2H2,1H3;2*1H3/t10?,11?,12-,13+,14+,15-;5?,6?,7-,8+,9+,10-;2*4?,5?,6-,7+,8+,9-;;;;;;. The number of nitrogens with one attached hydrogen (secondary N) is 3. The summed E-state index contributed by atoms with van der Waals surface area (Å²) in [4.78, 5) is 139. The molecule has 0 spiro atoms. The molecule has 104 heavy (non-hydrogen) atoms.